The third-order valence-electron chi connectivity index (χ3n) is 8.98. The second-order valence-corrected chi connectivity index (χ2v) is 12.7. The molecule has 1 saturated heterocycles. The van der Waals surface area contributed by atoms with Crippen LogP contribution in [0.4, 0.5) is 0 Å². The Hall–Kier alpha value is -1.66. The fraction of sp³-hybridized carbons (Fsp3) is 0.818. The Morgan fingerprint density at radius 1 is 1.12 bits per heavy atom. The first-order chi connectivity index (χ1) is 20.3. The van der Waals surface area contributed by atoms with Crippen molar-refractivity contribution >= 4 is 11.8 Å². The van der Waals surface area contributed by atoms with Gasteiger partial charge in [0.1, 0.15) is 12.2 Å². The lowest BCUT2D eigenvalue weighted by atomic mass is 9.80. The van der Waals surface area contributed by atoms with Gasteiger partial charge in [-0.05, 0) is 71.5 Å². The predicted molar refractivity (Wildman–Crippen MR) is 166 cm³/mol. The van der Waals surface area contributed by atoms with E-state index in [1.807, 2.05) is 59.7 Å². The van der Waals surface area contributed by atoms with Gasteiger partial charge in [0.05, 0.1) is 12.2 Å². The fourth-order valence-corrected chi connectivity index (χ4v) is 6.30. The van der Waals surface area contributed by atoms with Crippen molar-refractivity contribution in [2.75, 3.05) is 34.9 Å². The number of methoxy groups -OCH3 is 2. The van der Waals surface area contributed by atoms with E-state index in [9.17, 15) is 14.7 Å². The quantitative estimate of drug-likeness (QED) is 0.293. The summed E-state index contributed by atoms with van der Waals surface area (Å²) in [5.74, 6) is -1.11. The van der Waals surface area contributed by atoms with Gasteiger partial charge >= 0.3 is 5.97 Å². The summed E-state index contributed by atoms with van der Waals surface area (Å²) in [4.78, 5) is 28.4. The van der Waals surface area contributed by atoms with Crippen molar-refractivity contribution in [1.29, 1.82) is 0 Å². The second-order valence-electron chi connectivity index (χ2n) is 12.7. The van der Waals surface area contributed by atoms with Crippen molar-refractivity contribution in [2.45, 2.75) is 116 Å². The second kappa shape index (κ2) is 18.3. The standard InChI is InChI=1S/C33H58N2O8/c1-10-28-25(19-34)15-20(2)11-13-27(36)22(4)16-24(18-30(39-8)40-9)32(21(3)12-14-29(37)42-28)43-33-31(38)26(35(6)7)17-23(5)41-33/h11,13,15,21-26,28,30-33,38H,10,12,14,16-19,34H2,1-9H3/b13-11+,20-15+/t21-,22+,23?,24+,25?,26?,28+,31?,32+,33?/m0/s1. The number of hydrogen-bond donors (Lipinski definition) is 2. The molecule has 5 unspecified atom stereocenters. The number of aliphatic hydroxyl groups is 1. The van der Waals surface area contributed by atoms with Crippen LogP contribution < -0.4 is 5.73 Å². The number of likely N-dealkylation sites (N-methyl/N-ethyl adjacent to an activating group) is 1. The molecule has 2 aliphatic heterocycles. The molecule has 3 N–H and O–H groups in total. The van der Waals surface area contributed by atoms with E-state index in [4.69, 9.17) is 29.4 Å². The summed E-state index contributed by atoms with van der Waals surface area (Å²) >= 11 is 0. The summed E-state index contributed by atoms with van der Waals surface area (Å²) in [6, 6.07) is -0.141. The Morgan fingerprint density at radius 3 is 2.37 bits per heavy atom. The molecule has 0 spiro atoms. The first-order valence-electron chi connectivity index (χ1n) is 15.9. The molecule has 0 amide bonds. The Labute approximate surface area is 259 Å². The Kier molecular flexibility index (Phi) is 16.0. The molecule has 0 saturated carbocycles. The highest BCUT2D eigenvalue weighted by molar-refractivity contribution is 5.91. The highest BCUT2D eigenvalue weighted by Gasteiger charge is 2.42. The van der Waals surface area contributed by atoms with Gasteiger partial charge in [-0.15, -0.1) is 0 Å². The van der Waals surface area contributed by atoms with Crippen LogP contribution in [0, 0.1) is 23.7 Å². The largest absolute Gasteiger partial charge is 0.462 e. The summed E-state index contributed by atoms with van der Waals surface area (Å²) in [6.45, 7) is 10.1. The van der Waals surface area contributed by atoms with Crippen molar-refractivity contribution in [3.8, 4) is 0 Å². The van der Waals surface area contributed by atoms with Crippen molar-refractivity contribution in [3.05, 3.63) is 23.8 Å². The van der Waals surface area contributed by atoms with Gasteiger partial charge in [-0.1, -0.05) is 38.5 Å². The molecule has 0 aromatic heterocycles. The van der Waals surface area contributed by atoms with Gasteiger partial charge in [0.2, 0.25) is 0 Å². The summed E-state index contributed by atoms with van der Waals surface area (Å²) in [6.07, 6.45) is 5.10. The summed E-state index contributed by atoms with van der Waals surface area (Å²) < 4.78 is 30.0. The first-order valence-corrected chi connectivity index (χ1v) is 15.9. The van der Waals surface area contributed by atoms with Crippen LogP contribution in [0.2, 0.25) is 0 Å². The zero-order valence-electron chi connectivity index (χ0n) is 27.9. The van der Waals surface area contributed by atoms with E-state index in [2.05, 4.69) is 0 Å². The smallest absolute Gasteiger partial charge is 0.306 e. The van der Waals surface area contributed by atoms with Crippen LogP contribution in [0.3, 0.4) is 0 Å². The van der Waals surface area contributed by atoms with Crippen LogP contribution in [0.5, 0.6) is 0 Å². The van der Waals surface area contributed by atoms with E-state index in [0.717, 1.165) is 5.57 Å². The number of nitrogens with two attached hydrogens (primary N) is 1. The summed E-state index contributed by atoms with van der Waals surface area (Å²) in [7, 11) is 7.04. The lowest BCUT2D eigenvalue weighted by Crippen LogP contribution is -2.56. The average molecular weight is 611 g/mol. The number of carbonyl (C=O) groups is 2. The van der Waals surface area contributed by atoms with E-state index >= 15 is 0 Å². The molecule has 0 aromatic rings. The number of cyclic esters (lactones) is 1. The topological polar surface area (TPSA) is 130 Å². The number of hydrogen-bond acceptors (Lipinski definition) is 10. The number of ether oxygens (including phenoxy) is 5. The molecule has 1 fully saturated rings. The molecule has 43 heavy (non-hydrogen) atoms. The number of esters is 1. The number of rotatable bonds is 9. The van der Waals surface area contributed by atoms with Crippen LogP contribution in [0.25, 0.3) is 0 Å². The summed E-state index contributed by atoms with van der Waals surface area (Å²) in [5.41, 5.74) is 6.95. The normalized spacial score (nSPS) is 37.7. The van der Waals surface area contributed by atoms with Crippen LogP contribution in [-0.4, -0.2) is 99.7 Å². The number of nitrogens with zero attached hydrogens (tertiary/aromatic N) is 1. The molecule has 2 heterocycles. The van der Waals surface area contributed by atoms with Crippen molar-refractivity contribution in [1.82, 2.24) is 4.90 Å². The van der Waals surface area contributed by atoms with Gasteiger partial charge in [-0.25, -0.2) is 0 Å². The zero-order chi connectivity index (χ0) is 32.3. The van der Waals surface area contributed by atoms with Crippen molar-refractivity contribution in [3.63, 3.8) is 0 Å². The molecule has 10 nitrogen and oxygen atoms in total. The SMILES string of the molecule is CC[C@H]1OC(=O)CC[C@H](C)[C@@H](OC2OC(C)CC(N(C)C)C2O)[C@@H](CC(OC)OC)C[C@@H](C)C(=O)/C=C/C(C)=C/C1CN. The number of aliphatic hydroxyl groups excluding tert-OH is 1. The Bertz CT molecular complexity index is 921. The molecule has 0 bridgehead atoms. The molecular weight excluding hydrogens is 552 g/mol. The van der Waals surface area contributed by atoms with Crippen LogP contribution in [0.1, 0.15) is 73.1 Å². The maximum absolute atomic E-state index is 13.3. The lowest BCUT2D eigenvalue weighted by Gasteiger charge is -2.44. The van der Waals surface area contributed by atoms with Crippen molar-refractivity contribution in [2.24, 2.45) is 29.4 Å². The third kappa shape index (κ3) is 11.3. The highest BCUT2D eigenvalue weighted by Crippen LogP contribution is 2.35. The molecule has 0 aromatic carbocycles. The van der Waals surface area contributed by atoms with Gasteiger partial charge < -0.3 is 39.4 Å². The minimum Gasteiger partial charge on any atom is -0.462 e. The maximum atomic E-state index is 13.3. The first kappa shape index (κ1) is 37.5. The van der Waals surface area contributed by atoms with Gasteiger partial charge in [-0.2, -0.15) is 0 Å². The van der Waals surface area contributed by atoms with Crippen molar-refractivity contribution < 1.29 is 38.4 Å². The average Bonchev–Trinajstić information content (AvgIpc) is 2.97. The minimum atomic E-state index is -0.875. The minimum absolute atomic E-state index is 0.000596. The van der Waals surface area contributed by atoms with Gasteiger partial charge in [-0.3, -0.25) is 9.59 Å². The molecule has 10 atom stereocenters. The zero-order valence-corrected chi connectivity index (χ0v) is 27.9. The van der Waals surface area contributed by atoms with Crippen LogP contribution >= 0.6 is 0 Å². The number of carbonyl (C=O) groups excluding carboxylic acids is 2. The van der Waals surface area contributed by atoms with E-state index in [-0.39, 0.29) is 60.1 Å². The van der Waals surface area contributed by atoms with Gasteiger partial charge in [0, 0.05) is 51.5 Å². The lowest BCUT2D eigenvalue weighted by molar-refractivity contribution is -0.282. The molecule has 0 radical (unpaired) electrons. The maximum Gasteiger partial charge on any atom is 0.306 e. The molecule has 2 aliphatic rings. The number of allylic oxidation sites excluding steroid dienone is 3. The molecule has 2 rings (SSSR count). The number of ketones is 1. The predicted octanol–water partition coefficient (Wildman–Crippen LogP) is 3.85. The summed E-state index contributed by atoms with van der Waals surface area (Å²) in [5, 5.41) is 11.3. The Morgan fingerprint density at radius 2 is 1.79 bits per heavy atom. The Balaban J connectivity index is 2.52. The molecule has 10 heteroatoms. The van der Waals surface area contributed by atoms with Gasteiger partial charge in [0.15, 0.2) is 18.4 Å². The molecular formula is C33H58N2O8. The van der Waals surface area contributed by atoms with Crippen LogP contribution in [-0.2, 0) is 33.3 Å². The van der Waals surface area contributed by atoms with Gasteiger partial charge in [0.25, 0.3) is 0 Å². The third-order valence-corrected chi connectivity index (χ3v) is 8.98. The van der Waals surface area contributed by atoms with E-state index < -0.39 is 24.8 Å². The van der Waals surface area contributed by atoms with E-state index in [1.165, 1.54) is 0 Å². The molecule has 248 valence electrons. The van der Waals surface area contributed by atoms with E-state index in [1.54, 1.807) is 26.4 Å². The fourth-order valence-electron chi connectivity index (χ4n) is 6.30. The monoisotopic (exact) mass is 610 g/mol. The van der Waals surface area contributed by atoms with Crippen LogP contribution in [0.15, 0.2) is 23.8 Å². The molecule has 0 aliphatic carbocycles. The highest BCUT2D eigenvalue weighted by atomic mass is 16.7. The van der Waals surface area contributed by atoms with E-state index in [0.29, 0.717) is 38.6 Å².